The summed E-state index contributed by atoms with van der Waals surface area (Å²) >= 11 is 12.3. The molecule has 0 fully saturated rings. The SMILES string of the molecule is O=C(c1ccccc1)c1c(Cl)c(Cl)c2n1CCC2C(=O)O. The molecule has 0 spiro atoms. The Bertz CT molecular complexity index is 737. The van der Waals surface area contributed by atoms with E-state index >= 15 is 0 Å². The summed E-state index contributed by atoms with van der Waals surface area (Å²) in [6.07, 6.45) is 0.413. The third-order valence-corrected chi connectivity index (χ3v) is 4.55. The Kier molecular flexibility index (Phi) is 3.51. The highest BCUT2D eigenvalue weighted by Crippen LogP contribution is 2.43. The number of rotatable bonds is 3. The van der Waals surface area contributed by atoms with Crippen molar-refractivity contribution in [2.75, 3.05) is 0 Å². The molecular formula is C15H11Cl2NO3. The first-order chi connectivity index (χ1) is 10.0. The summed E-state index contributed by atoms with van der Waals surface area (Å²) in [6, 6.07) is 8.72. The smallest absolute Gasteiger partial charge is 0.312 e. The second-order valence-electron chi connectivity index (χ2n) is 4.89. The Hall–Kier alpha value is -1.78. The standard InChI is InChI=1S/C15H11Cl2NO3/c16-10-11(17)13(14(19)8-4-2-1-3-5-8)18-7-6-9(12(10)18)15(20)21/h1-5,9H,6-7H2,(H,20,21). The third kappa shape index (κ3) is 2.15. The van der Waals surface area contributed by atoms with Gasteiger partial charge in [0.1, 0.15) is 11.6 Å². The van der Waals surface area contributed by atoms with E-state index in [-0.39, 0.29) is 21.5 Å². The third-order valence-electron chi connectivity index (χ3n) is 3.71. The zero-order chi connectivity index (χ0) is 15.1. The number of aliphatic carboxylic acids is 1. The van der Waals surface area contributed by atoms with Crippen molar-refractivity contribution in [3.63, 3.8) is 0 Å². The number of benzene rings is 1. The van der Waals surface area contributed by atoms with Crippen molar-refractivity contribution < 1.29 is 14.7 Å². The number of nitrogens with zero attached hydrogens (tertiary/aromatic N) is 1. The molecule has 21 heavy (non-hydrogen) atoms. The van der Waals surface area contributed by atoms with Crippen LogP contribution in [-0.2, 0) is 11.3 Å². The van der Waals surface area contributed by atoms with E-state index in [0.29, 0.717) is 24.2 Å². The topological polar surface area (TPSA) is 59.3 Å². The lowest BCUT2D eigenvalue weighted by atomic mass is 10.1. The molecule has 0 bridgehead atoms. The first-order valence-electron chi connectivity index (χ1n) is 6.42. The van der Waals surface area contributed by atoms with Gasteiger partial charge >= 0.3 is 5.97 Å². The fraction of sp³-hybridized carbons (Fsp3) is 0.200. The van der Waals surface area contributed by atoms with Crippen LogP contribution < -0.4 is 0 Å². The lowest BCUT2D eigenvalue weighted by molar-refractivity contribution is -0.138. The second-order valence-corrected chi connectivity index (χ2v) is 5.64. The van der Waals surface area contributed by atoms with E-state index in [1.165, 1.54) is 0 Å². The van der Waals surface area contributed by atoms with E-state index in [1.807, 2.05) is 6.07 Å². The van der Waals surface area contributed by atoms with Gasteiger partial charge in [0.25, 0.3) is 0 Å². The van der Waals surface area contributed by atoms with Crippen LogP contribution in [0.2, 0.25) is 10.0 Å². The Balaban J connectivity index is 2.14. The summed E-state index contributed by atoms with van der Waals surface area (Å²) in [5, 5.41) is 9.54. The van der Waals surface area contributed by atoms with E-state index in [2.05, 4.69) is 0 Å². The summed E-state index contributed by atoms with van der Waals surface area (Å²) in [5.74, 6) is -1.92. The second kappa shape index (κ2) is 5.20. The molecule has 4 nitrogen and oxygen atoms in total. The molecule has 1 unspecified atom stereocenters. The van der Waals surface area contributed by atoms with Gasteiger partial charge in [-0.05, 0) is 6.42 Å². The van der Waals surface area contributed by atoms with Crippen molar-refractivity contribution in [2.24, 2.45) is 0 Å². The van der Waals surface area contributed by atoms with Crippen LogP contribution in [0.25, 0.3) is 0 Å². The van der Waals surface area contributed by atoms with Gasteiger partial charge in [0.05, 0.1) is 15.7 Å². The molecule has 2 aromatic rings. The lowest BCUT2D eigenvalue weighted by Crippen LogP contribution is -2.10. The van der Waals surface area contributed by atoms with Gasteiger partial charge in [-0.3, -0.25) is 9.59 Å². The molecule has 6 heteroatoms. The van der Waals surface area contributed by atoms with Crippen molar-refractivity contribution in [3.8, 4) is 0 Å². The molecule has 1 N–H and O–H groups in total. The summed E-state index contributed by atoms with van der Waals surface area (Å²) in [5.41, 5.74) is 1.19. The Morgan fingerprint density at radius 3 is 2.43 bits per heavy atom. The number of fused-ring (bicyclic) bond motifs is 1. The van der Waals surface area contributed by atoms with Gasteiger partial charge < -0.3 is 9.67 Å². The highest BCUT2D eigenvalue weighted by Gasteiger charge is 2.37. The maximum atomic E-state index is 12.6. The molecule has 0 amide bonds. The maximum Gasteiger partial charge on any atom is 0.312 e. The van der Waals surface area contributed by atoms with E-state index in [1.54, 1.807) is 28.8 Å². The molecule has 0 saturated heterocycles. The summed E-state index contributed by atoms with van der Waals surface area (Å²) in [4.78, 5) is 23.9. The molecule has 1 aromatic carbocycles. The number of carbonyl (C=O) groups excluding carboxylic acids is 1. The van der Waals surface area contributed by atoms with Crippen LogP contribution in [0.5, 0.6) is 0 Å². The predicted molar refractivity (Wildman–Crippen MR) is 79.3 cm³/mol. The zero-order valence-electron chi connectivity index (χ0n) is 10.8. The van der Waals surface area contributed by atoms with Crippen LogP contribution in [0.15, 0.2) is 30.3 Å². The number of carbonyl (C=O) groups is 2. The predicted octanol–water partition coefficient (Wildman–Crippen LogP) is 3.60. The molecule has 108 valence electrons. The van der Waals surface area contributed by atoms with Crippen LogP contribution in [0.3, 0.4) is 0 Å². The molecule has 1 atom stereocenters. The number of hydrogen-bond acceptors (Lipinski definition) is 2. The van der Waals surface area contributed by atoms with Crippen LogP contribution >= 0.6 is 23.2 Å². The van der Waals surface area contributed by atoms with E-state index in [4.69, 9.17) is 23.2 Å². The fourth-order valence-corrected chi connectivity index (χ4v) is 3.34. The highest BCUT2D eigenvalue weighted by molar-refractivity contribution is 6.45. The first kappa shape index (κ1) is 14.2. The maximum absolute atomic E-state index is 12.6. The molecule has 2 heterocycles. The molecular weight excluding hydrogens is 313 g/mol. The monoisotopic (exact) mass is 323 g/mol. The van der Waals surface area contributed by atoms with Crippen molar-refractivity contribution in [1.82, 2.24) is 4.57 Å². The fourth-order valence-electron chi connectivity index (χ4n) is 2.73. The summed E-state index contributed by atoms with van der Waals surface area (Å²) in [6.45, 7) is 0.423. The van der Waals surface area contributed by atoms with Gasteiger partial charge in [-0.2, -0.15) is 0 Å². The van der Waals surface area contributed by atoms with Gasteiger partial charge in [-0.25, -0.2) is 0 Å². The zero-order valence-corrected chi connectivity index (χ0v) is 12.4. The summed E-state index contributed by atoms with van der Waals surface area (Å²) < 4.78 is 1.64. The molecule has 0 aliphatic carbocycles. The minimum absolute atomic E-state index is 0.131. The number of hydrogen-bond donors (Lipinski definition) is 1. The van der Waals surface area contributed by atoms with E-state index in [0.717, 1.165) is 0 Å². The van der Waals surface area contributed by atoms with Crippen molar-refractivity contribution in [1.29, 1.82) is 0 Å². The number of carboxylic acid groups (broad SMARTS) is 1. The lowest BCUT2D eigenvalue weighted by Gasteiger charge is -2.05. The Morgan fingerprint density at radius 2 is 1.81 bits per heavy atom. The largest absolute Gasteiger partial charge is 0.481 e. The van der Waals surface area contributed by atoms with Gasteiger partial charge in [0.15, 0.2) is 0 Å². The van der Waals surface area contributed by atoms with E-state index < -0.39 is 11.9 Å². The number of halogens is 2. The minimum atomic E-state index is -0.955. The van der Waals surface area contributed by atoms with Crippen LogP contribution in [0, 0.1) is 0 Å². The molecule has 3 rings (SSSR count). The summed E-state index contributed by atoms with van der Waals surface area (Å²) in [7, 11) is 0. The Labute approximate surface area is 130 Å². The van der Waals surface area contributed by atoms with Crippen LogP contribution in [0.4, 0.5) is 0 Å². The van der Waals surface area contributed by atoms with Gasteiger partial charge in [0.2, 0.25) is 5.78 Å². The van der Waals surface area contributed by atoms with Crippen molar-refractivity contribution in [2.45, 2.75) is 18.9 Å². The molecule has 1 aliphatic rings. The van der Waals surface area contributed by atoms with Gasteiger partial charge in [-0.1, -0.05) is 53.5 Å². The van der Waals surface area contributed by atoms with E-state index in [9.17, 15) is 14.7 Å². The van der Waals surface area contributed by atoms with Gasteiger partial charge in [-0.15, -0.1) is 0 Å². The molecule has 0 saturated carbocycles. The normalized spacial score (nSPS) is 16.8. The average Bonchev–Trinajstić information content (AvgIpc) is 3.00. The van der Waals surface area contributed by atoms with Crippen molar-refractivity contribution >= 4 is 35.0 Å². The number of carboxylic acids is 1. The van der Waals surface area contributed by atoms with Gasteiger partial charge in [0, 0.05) is 12.1 Å². The van der Waals surface area contributed by atoms with Crippen LogP contribution in [0.1, 0.15) is 34.1 Å². The average molecular weight is 324 g/mol. The van der Waals surface area contributed by atoms with Crippen LogP contribution in [-0.4, -0.2) is 21.4 Å². The number of ketones is 1. The highest BCUT2D eigenvalue weighted by atomic mass is 35.5. The molecule has 1 aromatic heterocycles. The minimum Gasteiger partial charge on any atom is -0.481 e. The molecule has 1 aliphatic heterocycles. The van der Waals surface area contributed by atoms with Crippen molar-refractivity contribution in [3.05, 3.63) is 57.3 Å². The Morgan fingerprint density at radius 1 is 1.14 bits per heavy atom. The first-order valence-corrected chi connectivity index (χ1v) is 7.18. The quantitative estimate of drug-likeness (QED) is 0.878. The number of aromatic nitrogens is 1. The molecule has 0 radical (unpaired) electrons.